The molecule has 0 saturated carbocycles. The molecule has 0 bridgehead atoms. The van der Waals surface area contributed by atoms with E-state index >= 15 is 0 Å². The van der Waals surface area contributed by atoms with Gasteiger partial charge in [0.2, 0.25) is 0 Å². The Bertz CT molecular complexity index is 710. The predicted molar refractivity (Wildman–Crippen MR) is 126 cm³/mol. The highest BCUT2D eigenvalue weighted by Gasteiger charge is 2.11. The first-order valence-electron chi connectivity index (χ1n) is 9.50. The second-order valence-electron chi connectivity index (χ2n) is 6.60. The van der Waals surface area contributed by atoms with Crippen LogP contribution in [0.1, 0.15) is 36.6 Å². The molecule has 0 fully saturated rings. The number of benzene rings is 2. The lowest BCUT2D eigenvalue weighted by atomic mass is 10.0. The Hall–Kier alpha value is -1.64. The van der Waals surface area contributed by atoms with Gasteiger partial charge >= 0.3 is 0 Å². The van der Waals surface area contributed by atoms with Crippen molar-refractivity contribution in [3.05, 3.63) is 71.3 Å². The van der Waals surface area contributed by atoms with Gasteiger partial charge in [0.1, 0.15) is 0 Å². The van der Waals surface area contributed by atoms with Gasteiger partial charge in [0.15, 0.2) is 5.96 Å². The highest BCUT2D eigenvalue weighted by molar-refractivity contribution is 14.0. The molecule has 0 amide bonds. The van der Waals surface area contributed by atoms with Gasteiger partial charge in [-0.05, 0) is 37.5 Å². The van der Waals surface area contributed by atoms with E-state index < -0.39 is 6.10 Å². The number of nitrogens with one attached hydrogen (secondary N) is 2. The van der Waals surface area contributed by atoms with Crippen molar-refractivity contribution in [3.63, 3.8) is 0 Å². The van der Waals surface area contributed by atoms with Gasteiger partial charge in [-0.1, -0.05) is 54.6 Å². The summed E-state index contributed by atoms with van der Waals surface area (Å²) in [7, 11) is 0. The van der Waals surface area contributed by atoms with Crippen LogP contribution >= 0.6 is 24.0 Å². The minimum absolute atomic E-state index is 0. The van der Waals surface area contributed by atoms with Gasteiger partial charge in [0.25, 0.3) is 0 Å². The Labute approximate surface area is 185 Å². The second kappa shape index (κ2) is 13.5. The lowest BCUT2D eigenvalue weighted by Crippen LogP contribution is -2.39. The van der Waals surface area contributed by atoms with Gasteiger partial charge in [0, 0.05) is 6.54 Å². The van der Waals surface area contributed by atoms with E-state index in [1.165, 1.54) is 11.1 Å². The van der Waals surface area contributed by atoms with Crippen molar-refractivity contribution in [3.8, 4) is 0 Å². The van der Waals surface area contributed by atoms with Crippen molar-refractivity contribution in [2.24, 2.45) is 4.99 Å². The van der Waals surface area contributed by atoms with Crippen molar-refractivity contribution >= 4 is 29.9 Å². The number of aryl methyl sites for hydroxylation is 1. The quantitative estimate of drug-likeness (QED) is 0.280. The summed E-state index contributed by atoms with van der Waals surface area (Å²) in [5.74, 6) is 0.690. The zero-order chi connectivity index (χ0) is 19.5. The fourth-order valence-electron chi connectivity index (χ4n) is 2.81. The van der Waals surface area contributed by atoms with Crippen LogP contribution in [-0.4, -0.2) is 36.9 Å². The Morgan fingerprint density at radius 1 is 1.11 bits per heavy atom. The maximum Gasteiger partial charge on any atom is 0.191 e. The molecule has 2 aromatic carbocycles. The molecule has 0 heterocycles. The summed E-state index contributed by atoms with van der Waals surface area (Å²) in [5, 5.41) is 16.8. The largest absolute Gasteiger partial charge is 0.389 e. The fourth-order valence-corrected chi connectivity index (χ4v) is 2.81. The third kappa shape index (κ3) is 8.58. The monoisotopic (exact) mass is 497 g/mol. The van der Waals surface area contributed by atoms with E-state index in [-0.39, 0.29) is 43.2 Å². The number of halogens is 1. The molecule has 0 aliphatic heterocycles. The van der Waals surface area contributed by atoms with Gasteiger partial charge in [0.05, 0.1) is 31.9 Å². The highest BCUT2D eigenvalue weighted by Crippen LogP contribution is 2.16. The topological polar surface area (TPSA) is 65.9 Å². The van der Waals surface area contributed by atoms with Crippen molar-refractivity contribution < 1.29 is 9.84 Å². The Balaban J connectivity index is 0.00000392. The minimum Gasteiger partial charge on any atom is -0.389 e. The normalized spacial score (nSPS) is 13.4. The Morgan fingerprint density at radius 2 is 1.79 bits per heavy atom. The van der Waals surface area contributed by atoms with Crippen molar-refractivity contribution in [2.45, 2.75) is 39.5 Å². The number of hydrogen-bond donors (Lipinski definition) is 3. The van der Waals surface area contributed by atoms with Gasteiger partial charge in [-0.3, -0.25) is 4.99 Å². The van der Waals surface area contributed by atoms with Crippen LogP contribution in [0.15, 0.2) is 59.6 Å². The summed E-state index contributed by atoms with van der Waals surface area (Å²) in [6.07, 6.45) is -0.641. The van der Waals surface area contributed by atoms with Gasteiger partial charge in [-0.2, -0.15) is 0 Å². The maximum absolute atomic E-state index is 10.2. The van der Waals surface area contributed by atoms with E-state index in [1.807, 2.05) is 49.4 Å². The van der Waals surface area contributed by atoms with Gasteiger partial charge in [-0.25, -0.2) is 0 Å². The molecule has 2 atom stereocenters. The van der Waals surface area contributed by atoms with Crippen LogP contribution in [-0.2, 0) is 11.3 Å². The molecule has 2 aromatic rings. The molecule has 0 saturated heterocycles. The summed E-state index contributed by atoms with van der Waals surface area (Å²) in [6.45, 7) is 8.02. The maximum atomic E-state index is 10.2. The zero-order valence-electron chi connectivity index (χ0n) is 16.9. The molecule has 28 heavy (non-hydrogen) atoms. The predicted octanol–water partition coefficient (Wildman–Crippen LogP) is 3.81. The first kappa shape index (κ1) is 24.4. The van der Waals surface area contributed by atoms with Crippen LogP contribution in [0, 0.1) is 6.92 Å². The van der Waals surface area contributed by atoms with E-state index in [4.69, 9.17) is 4.74 Å². The summed E-state index contributed by atoms with van der Waals surface area (Å²) in [4.78, 5) is 4.50. The van der Waals surface area contributed by atoms with Crippen LogP contribution in [0.2, 0.25) is 0 Å². The molecule has 3 N–H and O–H groups in total. The van der Waals surface area contributed by atoms with Crippen LogP contribution in [0.25, 0.3) is 0 Å². The van der Waals surface area contributed by atoms with Crippen LogP contribution in [0.5, 0.6) is 0 Å². The number of hydrogen-bond acceptors (Lipinski definition) is 3. The second-order valence-corrected chi connectivity index (χ2v) is 6.60. The first-order valence-corrected chi connectivity index (χ1v) is 9.50. The number of ether oxygens (including phenoxy) is 1. The standard InChI is InChI=1S/C22H31N3O2.HI/c1-4-23-22(25-18(3)21-13-9-8-10-17(21)2)24-14-20(26)16-27-15-19-11-6-5-7-12-19;/h5-13,18,20,26H,4,14-16H2,1-3H3,(H2,23,24,25);1H. The van der Waals surface area contributed by atoms with Crippen molar-refractivity contribution in [2.75, 3.05) is 19.7 Å². The molecule has 0 aromatic heterocycles. The smallest absolute Gasteiger partial charge is 0.191 e. The fraction of sp³-hybridized carbons (Fsp3) is 0.409. The van der Waals surface area contributed by atoms with E-state index in [0.717, 1.165) is 12.1 Å². The number of guanidine groups is 1. The summed E-state index contributed by atoms with van der Waals surface area (Å²) < 4.78 is 5.58. The van der Waals surface area contributed by atoms with Gasteiger partial charge in [-0.15, -0.1) is 24.0 Å². The SMILES string of the molecule is CCNC(=NCC(O)COCc1ccccc1)NC(C)c1ccccc1C.I. The molecule has 5 nitrogen and oxygen atoms in total. The third-order valence-corrected chi connectivity index (χ3v) is 4.23. The van der Waals surface area contributed by atoms with Crippen molar-refractivity contribution in [1.82, 2.24) is 10.6 Å². The lowest BCUT2D eigenvalue weighted by molar-refractivity contribution is 0.0331. The van der Waals surface area contributed by atoms with Gasteiger partial charge < -0.3 is 20.5 Å². The number of aliphatic hydroxyl groups excluding tert-OH is 1. The Kier molecular flexibility index (Phi) is 11.8. The molecule has 2 unspecified atom stereocenters. The van der Waals surface area contributed by atoms with Crippen molar-refractivity contribution in [1.29, 1.82) is 0 Å². The zero-order valence-corrected chi connectivity index (χ0v) is 19.2. The molecular formula is C22H32IN3O2. The minimum atomic E-state index is -0.641. The molecule has 0 aliphatic rings. The number of aliphatic imine (C=N–C) groups is 1. The number of aliphatic hydroxyl groups is 1. The number of nitrogens with zero attached hydrogens (tertiary/aromatic N) is 1. The van der Waals surface area contributed by atoms with E-state index in [9.17, 15) is 5.11 Å². The Morgan fingerprint density at radius 3 is 2.46 bits per heavy atom. The van der Waals surface area contributed by atoms with Crippen LogP contribution in [0.3, 0.4) is 0 Å². The number of rotatable bonds is 9. The average molecular weight is 497 g/mol. The average Bonchev–Trinajstić information content (AvgIpc) is 2.67. The van der Waals surface area contributed by atoms with E-state index in [2.05, 4.69) is 41.6 Å². The molecular weight excluding hydrogens is 465 g/mol. The summed E-state index contributed by atoms with van der Waals surface area (Å²) in [6, 6.07) is 18.3. The molecule has 0 radical (unpaired) electrons. The third-order valence-electron chi connectivity index (χ3n) is 4.23. The molecule has 0 aliphatic carbocycles. The van der Waals surface area contributed by atoms with Crippen LogP contribution < -0.4 is 10.6 Å². The van der Waals surface area contributed by atoms with E-state index in [0.29, 0.717) is 12.6 Å². The molecule has 6 heteroatoms. The molecule has 2 rings (SSSR count). The first-order chi connectivity index (χ1) is 13.1. The molecule has 0 spiro atoms. The lowest BCUT2D eigenvalue weighted by Gasteiger charge is -2.20. The van der Waals surface area contributed by atoms with E-state index in [1.54, 1.807) is 0 Å². The molecule has 154 valence electrons. The summed E-state index contributed by atoms with van der Waals surface area (Å²) >= 11 is 0. The van der Waals surface area contributed by atoms with Crippen LogP contribution in [0.4, 0.5) is 0 Å². The summed E-state index contributed by atoms with van der Waals surface area (Å²) in [5.41, 5.74) is 3.56. The highest BCUT2D eigenvalue weighted by atomic mass is 127.